The van der Waals surface area contributed by atoms with Crippen molar-refractivity contribution in [3.63, 3.8) is 0 Å². The van der Waals surface area contributed by atoms with Gasteiger partial charge in [0.2, 0.25) is 0 Å². The largest absolute Gasteiger partial charge is 0.0990 e. The van der Waals surface area contributed by atoms with Crippen LogP contribution in [0.2, 0.25) is 0 Å². The third-order valence-corrected chi connectivity index (χ3v) is 1.48. The minimum Gasteiger partial charge on any atom is -0.0990 e. The summed E-state index contributed by atoms with van der Waals surface area (Å²) in [5.41, 5.74) is 2.33. The van der Waals surface area contributed by atoms with Crippen LogP contribution in [0.15, 0.2) is 48.6 Å². The van der Waals surface area contributed by atoms with Gasteiger partial charge in [-0.05, 0) is 24.5 Å². The Labute approximate surface area is 83.4 Å². The minimum atomic E-state index is 0.990. The van der Waals surface area contributed by atoms with Gasteiger partial charge in [0.25, 0.3) is 0 Å². The van der Waals surface area contributed by atoms with Crippen molar-refractivity contribution in [3.05, 3.63) is 48.6 Å². The zero-order chi connectivity index (χ0) is 10.7. The lowest BCUT2D eigenvalue weighted by Gasteiger charge is -2.01. The molecule has 0 radical (unpaired) electrons. The Morgan fingerprint density at radius 2 is 1.85 bits per heavy atom. The first-order chi connectivity index (χ1) is 6.26. The van der Waals surface area contributed by atoms with Gasteiger partial charge in [0.05, 0.1) is 0 Å². The topological polar surface area (TPSA) is 0 Å². The van der Waals surface area contributed by atoms with E-state index >= 15 is 0 Å². The van der Waals surface area contributed by atoms with Crippen molar-refractivity contribution >= 4 is 0 Å². The molecule has 0 spiro atoms. The van der Waals surface area contributed by atoms with Gasteiger partial charge in [-0.15, -0.1) is 0 Å². The Kier molecular flexibility index (Phi) is 12.2. The van der Waals surface area contributed by atoms with Gasteiger partial charge in [-0.2, -0.15) is 0 Å². The second-order valence-corrected chi connectivity index (χ2v) is 2.31. The monoisotopic (exact) mass is 178 g/mol. The molecular formula is C13H22. The standard InChI is InChI=1S/C11H16.C2H6/c1-5-8-11(9-6-2)10(4)7-3;1-2/h5-6,8-9H,1,4,7H2,2-3H3;1-2H3/b9-6-,11-8+;. The Hall–Kier alpha value is -1.04. The fourth-order valence-corrected chi connectivity index (χ4v) is 0.802. The van der Waals surface area contributed by atoms with Gasteiger partial charge in [-0.25, -0.2) is 0 Å². The Morgan fingerprint density at radius 3 is 2.15 bits per heavy atom. The first-order valence-corrected chi connectivity index (χ1v) is 4.89. The minimum absolute atomic E-state index is 0.990. The predicted molar refractivity (Wildman–Crippen MR) is 63.9 cm³/mol. The van der Waals surface area contributed by atoms with Gasteiger partial charge in [0.15, 0.2) is 0 Å². The highest BCUT2D eigenvalue weighted by molar-refractivity contribution is 5.39. The van der Waals surface area contributed by atoms with Gasteiger partial charge in [0, 0.05) is 0 Å². The average Bonchev–Trinajstić information content (AvgIpc) is 2.19. The van der Waals surface area contributed by atoms with E-state index in [1.807, 2.05) is 39.0 Å². The van der Waals surface area contributed by atoms with Crippen molar-refractivity contribution in [2.45, 2.75) is 34.1 Å². The Bertz CT molecular complexity index is 192. The summed E-state index contributed by atoms with van der Waals surface area (Å²) in [5, 5.41) is 0. The highest BCUT2D eigenvalue weighted by Gasteiger charge is 1.92. The van der Waals surface area contributed by atoms with Crippen LogP contribution in [0.5, 0.6) is 0 Å². The summed E-state index contributed by atoms with van der Waals surface area (Å²) in [5.74, 6) is 0. The van der Waals surface area contributed by atoms with Crippen LogP contribution in [0, 0.1) is 0 Å². The molecule has 0 heterocycles. The summed E-state index contributed by atoms with van der Waals surface area (Å²) in [4.78, 5) is 0. The molecular weight excluding hydrogens is 156 g/mol. The number of rotatable bonds is 4. The van der Waals surface area contributed by atoms with Crippen LogP contribution in [0.25, 0.3) is 0 Å². The van der Waals surface area contributed by atoms with E-state index in [2.05, 4.69) is 20.1 Å². The number of allylic oxidation sites excluding steroid dienone is 6. The molecule has 0 unspecified atom stereocenters. The molecule has 0 aromatic carbocycles. The SMILES string of the molecule is C=C/C=C(\C=C/C)C(=C)CC.CC. The van der Waals surface area contributed by atoms with Crippen molar-refractivity contribution in [3.8, 4) is 0 Å². The summed E-state index contributed by atoms with van der Waals surface area (Å²) < 4.78 is 0. The fraction of sp³-hybridized carbons (Fsp3) is 0.385. The van der Waals surface area contributed by atoms with Crippen LogP contribution in [0.3, 0.4) is 0 Å². The smallest absolute Gasteiger partial charge is 0.0234 e. The third-order valence-electron chi connectivity index (χ3n) is 1.48. The molecule has 0 aromatic heterocycles. The molecule has 0 aliphatic heterocycles. The van der Waals surface area contributed by atoms with E-state index in [-0.39, 0.29) is 0 Å². The first kappa shape index (κ1) is 14.5. The summed E-state index contributed by atoms with van der Waals surface area (Å²) >= 11 is 0. The second kappa shape index (κ2) is 11.0. The molecule has 0 fully saturated rings. The number of hydrogen-bond acceptors (Lipinski definition) is 0. The lowest BCUT2D eigenvalue weighted by Crippen LogP contribution is -1.81. The van der Waals surface area contributed by atoms with E-state index < -0.39 is 0 Å². The highest BCUT2D eigenvalue weighted by atomic mass is 14.0. The van der Waals surface area contributed by atoms with Crippen LogP contribution in [-0.2, 0) is 0 Å². The van der Waals surface area contributed by atoms with Crippen molar-refractivity contribution < 1.29 is 0 Å². The van der Waals surface area contributed by atoms with E-state index in [1.54, 1.807) is 6.08 Å². The predicted octanol–water partition coefficient (Wildman–Crippen LogP) is 4.67. The molecule has 0 aliphatic rings. The zero-order valence-corrected chi connectivity index (χ0v) is 9.43. The summed E-state index contributed by atoms with van der Waals surface area (Å²) in [6, 6.07) is 0. The normalized spacial score (nSPS) is 10.6. The molecule has 0 N–H and O–H groups in total. The quantitative estimate of drug-likeness (QED) is 0.549. The molecule has 0 bridgehead atoms. The molecule has 0 aliphatic carbocycles. The van der Waals surface area contributed by atoms with Gasteiger partial charge in [0.1, 0.15) is 0 Å². The molecule has 74 valence electrons. The Balaban J connectivity index is 0. The molecule has 0 aromatic rings. The van der Waals surface area contributed by atoms with E-state index in [4.69, 9.17) is 0 Å². The average molecular weight is 178 g/mol. The van der Waals surface area contributed by atoms with E-state index in [0.29, 0.717) is 0 Å². The maximum atomic E-state index is 3.94. The van der Waals surface area contributed by atoms with Crippen molar-refractivity contribution in [2.24, 2.45) is 0 Å². The lowest BCUT2D eigenvalue weighted by molar-refractivity contribution is 1.13. The Morgan fingerprint density at radius 1 is 1.31 bits per heavy atom. The molecule has 0 saturated carbocycles. The van der Waals surface area contributed by atoms with E-state index in [0.717, 1.165) is 12.0 Å². The second-order valence-electron chi connectivity index (χ2n) is 2.31. The van der Waals surface area contributed by atoms with Crippen molar-refractivity contribution in [1.29, 1.82) is 0 Å². The molecule has 13 heavy (non-hydrogen) atoms. The molecule has 0 saturated heterocycles. The molecule has 0 heteroatoms. The third kappa shape index (κ3) is 7.32. The highest BCUT2D eigenvalue weighted by Crippen LogP contribution is 2.12. The molecule has 0 rings (SSSR count). The maximum absolute atomic E-state index is 3.94. The lowest BCUT2D eigenvalue weighted by atomic mass is 10.0. The maximum Gasteiger partial charge on any atom is -0.0234 e. The van der Waals surface area contributed by atoms with Gasteiger partial charge >= 0.3 is 0 Å². The van der Waals surface area contributed by atoms with Crippen LogP contribution in [0.4, 0.5) is 0 Å². The van der Waals surface area contributed by atoms with E-state index in [1.165, 1.54) is 5.57 Å². The van der Waals surface area contributed by atoms with Gasteiger partial charge in [-0.1, -0.05) is 58.2 Å². The zero-order valence-electron chi connectivity index (χ0n) is 9.43. The van der Waals surface area contributed by atoms with Crippen molar-refractivity contribution in [1.82, 2.24) is 0 Å². The van der Waals surface area contributed by atoms with Crippen molar-refractivity contribution in [2.75, 3.05) is 0 Å². The van der Waals surface area contributed by atoms with Gasteiger partial charge in [-0.3, -0.25) is 0 Å². The molecule has 0 nitrogen and oxygen atoms in total. The number of hydrogen-bond donors (Lipinski definition) is 0. The summed E-state index contributed by atoms with van der Waals surface area (Å²) in [7, 11) is 0. The first-order valence-electron chi connectivity index (χ1n) is 4.89. The fourth-order valence-electron chi connectivity index (χ4n) is 0.802. The summed E-state index contributed by atoms with van der Waals surface area (Å²) in [6.07, 6.45) is 8.82. The van der Waals surface area contributed by atoms with Crippen LogP contribution in [0.1, 0.15) is 34.1 Å². The van der Waals surface area contributed by atoms with Crippen LogP contribution in [-0.4, -0.2) is 0 Å². The molecule has 0 amide bonds. The van der Waals surface area contributed by atoms with Gasteiger partial charge < -0.3 is 0 Å². The molecule has 0 atom stereocenters. The van der Waals surface area contributed by atoms with Crippen LogP contribution >= 0.6 is 0 Å². The van der Waals surface area contributed by atoms with E-state index in [9.17, 15) is 0 Å². The van der Waals surface area contributed by atoms with Crippen LogP contribution < -0.4 is 0 Å². The summed E-state index contributed by atoms with van der Waals surface area (Å²) in [6.45, 7) is 15.7.